The molecule has 0 unspecified atom stereocenters. The van der Waals surface area contributed by atoms with Gasteiger partial charge < -0.3 is 16.0 Å². The second kappa shape index (κ2) is 7.73. The Kier molecular flexibility index (Phi) is 5.13. The smallest absolute Gasteiger partial charge is 0.327 e. The van der Waals surface area contributed by atoms with Gasteiger partial charge in [-0.2, -0.15) is 0 Å². The molecule has 1 aliphatic heterocycles. The number of nitrogens with two attached hydrogens (primary N) is 1. The molecule has 0 spiro atoms. The highest BCUT2D eigenvalue weighted by atomic mass is 19.1. The first-order valence-electron chi connectivity index (χ1n) is 9.84. The molecule has 3 amide bonds. The van der Waals surface area contributed by atoms with Gasteiger partial charge in [-0.15, -0.1) is 0 Å². The van der Waals surface area contributed by atoms with Gasteiger partial charge in [0.15, 0.2) is 0 Å². The van der Waals surface area contributed by atoms with E-state index in [-0.39, 0.29) is 18.5 Å². The first-order chi connectivity index (χ1) is 14.0. The molecule has 1 saturated carbocycles. The van der Waals surface area contributed by atoms with Crippen LogP contribution in [0.15, 0.2) is 36.4 Å². The Balaban J connectivity index is 1.51. The maximum absolute atomic E-state index is 13.8. The SMILES string of the molecule is CN1C(=O)CN(Cc2ccc(-c3ccc(NCC4CC4)c(N)c3CF)cc2)C1=O. The monoisotopic (exact) mass is 396 g/mol. The number of hydrogen-bond acceptors (Lipinski definition) is 4. The van der Waals surface area contributed by atoms with Crippen LogP contribution in [-0.2, 0) is 18.0 Å². The van der Waals surface area contributed by atoms with E-state index in [1.165, 1.54) is 24.8 Å². The van der Waals surface area contributed by atoms with E-state index in [0.29, 0.717) is 23.7 Å². The molecule has 0 aromatic heterocycles. The van der Waals surface area contributed by atoms with E-state index < -0.39 is 6.67 Å². The Labute approximate surface area is 169 Å². The average molecular weight is 396 g/mol. The molecule has 29 heavy (non-hydrogen) atoms. The molecule has 7 heteroatoms. The van der Waals surface area contributed by atoms with Crippen molar-refractivity contribution in [3.8, 4) is 11.1 Å². The van der Waals surface area contributed by atoms with Crippen LogP contribution in [0.3, 0.4) is 0 Å². The minimum absolute atomic E-state index is 0.0922. The highest BCUT2D eigenvalue weighted by molar-refractivity contribution is 6.01. The Morgan fingerprint density at radius 1 is 1.14 bits per heavy atom. The minimum atomic E-state index is -0.640. The van der Waals surface area contributed by atoms with E-state index >= 15 is 0 Å². The van der Waals surface area contributed by atoms with Crippen LogP contribution < -0.4 is 11.1 Å². The molecular weight excluding hydrogens is 371 g/mol. The molecule has 152 valence electrons. The van der Waals surface area contributed by atoms with Crippen molar-refractivity contribution < 1.29 is 14.0 Å². The average Bonchev–Trinajstić information content (AvgIpc) is 3.52. The molecule has 2 aromatic carbocycles. The number of nitrogen functional groups attached to an aromatic ring is 1. The van der Waals surface area contributed by atoms with E-state index in [1.54, 1.807) is 0 Å². The molecule has 2 aliphatic rings. The normalized spacial score (nSPS) is 16.6. The van der Waals surface area contributed by atoms with Crippen LogP contribution in [0, 0.1) is 5.92 Å². The number of rotatable bonds is 7. The summed E-state index contributed by atoms with van der Waals surface area (Å²) in [4.78, 5) is 26.3. The summed E-state index contributed by atoms with van der Waals surface area (Å²) in [6.45, 7) is 0.682. The van der Waals surface area contributed by atoms with Crippen molar-refractivity contribution in [2.75, 3.05) is 31.2 Å². The quantitative estimate of drug-likeness (QED) is 0.553. The molecule has 0 atom stereocenters. The van der Waals surface area contributed by atoms with Crippen molar-refractivity contribution in [3.05, 3.63) is 47.5 Å². The number of amides is 3. The maximum Gasteiger partial charge on any atom is 0.327 e. The van der Waals surface area contributed by atoms with Gasteiger partial charge in [0.05, 0.1) is 11.4 Å². The van der Waals surface area contributed by atoms with Crippen LogP contribution in [0.4, 0.5) is 20.6 Å². The predicted octanol–water partition coefficient (Wildman–Crippen LogP) is 3.62. The van der Waals surface area contributed by atoms with Gasteiger partial charge in [-0.25, -0.2) is 9.18 Å². The zero-order valence-corrected chi connectivity index (χ0v) is 16.5. The van der Waals surface area contributed by atoms with E-state index in [1.807, 2.05) is 36.4 Å². The molecule has 0 bridgehead atoms. The third kappa shape index (κ3) is 3.90. The Hall–Kier alpha value is -3.09. The number of carbonyl (C=O) groups is 2. The van der Waals surface area contributed by atoms with Crippen LogP contribution in [0.5, 0.6) is 0 Å². The number of urea groups is 1. The molecule has 1 saturated heterocycles. The van der Waals surface area contributed by atoms with Crippen molar-refractivity contribution in [2.45, 2.75) is 26.1 Å². The van der Waals surface area contributed by atoms with Gasteiger partial charge in [0.2, 0.25) is 5.91 Å². The first-order valence-corrected chi connectivity index (χ1v) is 9.84. The number of nitrogens with zero attached hydrogens (tertiary/aromatic N) is 2. The summed E-state index contributed by atoms with van der Waals surface area (Å²) in [5.74, 6) is 0.498. The molecule has 1 heterocycles. The van der Waals surface area contributed by atoms with Crippen molar-refractivity contribution in [2.24, 2.45) is 5.92 Å². The van der Waals surface area contributed by atoms with Gasteiger partial charge in [-0.3, -0.25) is 9.69 Å². The number of alkyl halides is 1. The zero-order chi connectivity index (χ0) is 20.5. The molecule has 2 aromatic rings. The molecular formula is C22H25FN4O2. The molecule has 2 fully saturated rings. The second-order valence-electron chi connectivity index (χ2n) is 7.80. The lowest BCUT2D eigenvalue weighted by Crippen LogP contribution is -2.29. The highest BCUT2D eigenvalue weighted by Gasteiger charge is 2.32. The van der Waals surface area contributed by atoms with Gasteiger partial charge in [0.1, 0.15) is 13.2 Å². The number of hydrogen-bond donors (Lipinski definition) is 2. The minimum Gasteiger partial charge on any atom is -0.397 e. The molecule has 4 rings (SSSR count). The van der Waals surface area contributed by atoms with Gasteiger partial charge in [0.25, 0.3) is 0 Å². The van der Waals surface area contributed by atoms with Crippen molar-refractivity contribution in [1.82, 2.24) is 9.80 Å². The van der Waals surface area contributed by atoms with Crippen LogP contribution in [0.1, 0.15) is 24.0 Å². The summed E-state index contributed by atoms with van der Waals surface area (Å²) in [7, 11) is 1.49. The number of halogens is 1. The fourth-order valence-electron chi connectivity index (χ4n) is 3.60. The maximum atomic E-state index is 13.8. The largest absolute Gasteiger partial charge is 0.397 e. The highest BCUT2D eigenvalue weighted by Crippen LogP contribution is 2.35. The van der Waals surface area contributed by atoms with Crippen molar-refractivity contribution in [3.63, 3.8) is 0 Å². The number of benzene rings is 2. The van der Waals surface area contributed by atoms with Crippen molar-refractivity contribution in [1.29, 1.82) is 0 Å². The Bertz CT molecular complexity index is 941. The number of anilines is 2. The van der Waals surface area contributed by atoms with E-state index in [2.05, 4.69) is 5.32 Å². The van der Waals surface area contributed by atoms with E-state index in [9.17, 15) is 14.0 Å². The van der Waals surface area contributed by atoms with Crippen LogP contribution >= 0.6 is 0 Å². The van der Waals surface area contributed by atoms with Crippen LogP contribution in [-0.4, -0.2) is 41.9 Å². The lowest BCUT2D eigenvalue weighted by atomic mass is 9.97. The second-order valence-corrected chi connectivity index (χ2v) is 7.80. The molecule has 6 nitrogen and oxygen atoms in total. The van der Waals surface area contributed by atoms with Gasteiger partial charge in [0, 0.05) is 25.7 Å². The van der Waals surface area contributed by atoms with Gasteiger partial charge >= 0.3 is 6.03 Å². The lowest BCUT2D eigenvalue weighted by Gasteiger charge is -2.17. The third-order valence-electron chi connectivity index (χ3n) is 5.66. The molecule has 1 aliphatic carbocycles. The predicted molar refractivity (Wildman–Crippen MR) is 111 cm³/mol. The number of nitrogens with one attached hydrogen (secondary N) is 1. The van der Waals surface area contributed by atoms with Crippen molar-refractivity contribution >= 4 is 23.3 Å². The summed E-state index contributed by atoms with van der Waals surface area (Å²) in [5, 5.41) is 3.33. The van der Waals surface area contributed by atoms with E-state index in [0.717, 1.165) is 33.8 Å². The standard InChI is InChI=1S/C22H25FN4O2/c1-26-20(28)13-27(22(26)29)12-15-4-6-16(7-5-15)17-8-9-19(21(24)18(17)10-23)25-11-14-2-3-14/h4-9,14,25H,2-3,10-13,24H2,1H3. The van der Waals surface area contributed by atoms with Crippen LogP contribution in [0.2, 0.25) is 0 Å². The summed E-state index contributed by atoms with van der Waals surface area (Å²) in [5.41, 5.74) is 10.5. The van der Waals surface area contributed by atoms with Gasteiger partial charge in [-0.05, 0) is 41.5 Å². The lowest BCUT2D eigenvalue weighted by molar-refractivity contribution is -0.124. The first kappa shape index (κ1) is 19.2. The molecule has 0 radical (unpaired) electrons. The fraction of sp³-hybridized carbons (Fsp3) is 0.364. The summed E-state index contributed by atoms with van der Waals surface area (Å²) >= 11 is 0. The summed E-state index contributed by atoms with van der Waals surface area (Å²) < 4.78 is 13.8. The zero-order valence-electron chi connectivity index (χ0n) is 16.5. The topological polar surface area (TPSA) is 78.7 Å². The van der Waals surface area contributed by atoms with Gasteiger partial charge in [-0.1, -0.05) is 30.3 Å². The fourth-order valence-corrected chi connectivity index (χ4v) is 3.60. The van der Waals surface area contributed by atoms with Crippen LogP contribution in [0.25, 0.3) is 11.1 Å². The number of imide groups is 1. The Morgan fingerprint density at radius 3 is 2.45 bits per heavy atom. The number of likely N-dealkylation sites (N-methyl/N-ethyl adjacent to an activating group) is 1. The van der Waals surface area contributed by atoms with E-state index in [4.69, 9.17) is 5.73 Å². The summed E-state index contributed by atoms with van der Waals surface area (Å²) in [6.07, 6.45) is 2.47. The Morgan fingerprint density at radius 2 is 1.86 bits per heavy atom. The molecule has 3 N–H and O–H groups in total. The summed E-state index contributed by atoms with van der Waals surface area (Å²) in [6, 6.07) is 11.1. The number of carbonyl (C=O) groups excluding carboxylic acids is 2. The third-order valence-corrected chi connectivity index (χ3v) is 5.66.